The molecule has 1 amide bonds. The molecule has 5 heteroatoms. The normalized spacial score (nSPS) is 11.7. The number of alkyl halides is 2. The van der Waals surface area contributed by atoms with Crippen LogP contribution in [-0.2, 0) is 0 Å². The summed E-state index contributed by atoms with van der Waals surface area (Å²) in [6.45, 7) is -1.28. The third kappa shape index (κ3) is 4.11. The average Bonchev–Trinajstić information content (AvgIpc) is 2.28. The van der Waals surface area contributed by atoms with Gasteiger partial charge in [0.2, 0.25) is 0 Å². The zero-order chi connectivity index (χ0) is 12.8. The fraction of sp³-hybridized carbons (Fsp3) is 0.250. The molecule has 0 aliphatic rings. The SMILES string of the molecule is C#CC(C)NC(=O)c1cccc(OC(F)F)c1. The van der Waals surface area contributed by atoms with E-state index in [1.165, 1.54) is 24.3 Å². The summed E-state index contributed by atoms with van der Waals surface area (Å²) in [5, 5.41) is 2.51. The Morgan fingerprint density at radius 1 is 1.53 bits per heavy atom. The zero-order valence-corrected chi connectivity index (χ0v) is 9.11. The Balaban J connectivity index is 2.78. The van der Waals surface area contributed by atoms with Crippen molar-refractivity contribution in [3.05, 3.63) is 29.8 Å². The van der Waals surface area contributed by atoms with E-state index < -0.39 is 18.6 Å². The molecule has 90 valence electrons. The van der Waals surface area contributed by atoms with Crippen LogP contribution >= 0.6 is 0 Å². The Hall–Kier alpha value is -2.09. The van der Waals surface area contributed by atoms with Crippen molar-refractivity contribution in [1.29, 1.82) is 0 Å². The largest absolute Gasteiger partial charge is 0.435 e. The van der Waals surface area contributed by atoms with Crippen LogP contribution in [0.1, 0.15) is 17.3 Å². The zero-order valence-electron chi connectivity index (χ0n) is 9.11. The summed E-state index contributed by atoms with van der Waals surface area (Å²) in [5.41, 5.74) is 0.213. The molecule has 3 nitrogen and oxygen atoms in total. The smallest absolute Gasteiger partial charge is 0.387 e. The predicted molar refractivity (Wildman–Crippen MR) is 58.8 cm³/mol. The minimum absolute atomic E-state index is 0.0685. The summed E-state index contributed by atoms with van der Waals surface area (Å²) in [5.74, 6) is 1.83. The Kier molecular flexibility index (Phi) is 4.46. The van der Waals surface area contributed by atoms with Crippen LogP contribution in [0.3, 0.4) is 0 Å². The lowest BCUT2D eigenvalue weighted by Gasteiger charge is -2.09. The number of hydrogen-bond donors (Lipinski definition) is 1. The number of hydrogen-bond acceptors (Lipinski definition) is 2. The Labute approximate surface area is 97.8 Å². The van der Waals surface area contributed by atoms with Gasteiger partial charge in [-0.05, 0) is 25.1 Å². The fourth-order valence-electron chi connectivity index (χ4n) is 1.14. The van der Waals surface area contributed by atoms with Gasteiger partial charge in [-0.1, -0.05) is 12.0 Å². The summed E-state index contributed by atoms with van der Waals surface area (Å²) in [7, 11) is 0. The topological polar surface area (TPSA) is 38.3 Å². The molecule has 1 rings (SSSR count). The Morgan fingerprint density at radius 2 is 2.24 bits per heavy atom. The summed E-state index contributed by atoms with van der Waals surface area (Å²) in [4.78, 5) is 11.6. The monoisotopic (exact) mass is 239 g/mol. The van der Waals surface area contributed by atoms with Gasteiger partial charge in [0.1, 0.15) is 5.75 Å². The minimum Gasteiger partial charge on any atom is -0.435 e. The van der Waals surface area contributed by atoms with Crippen molar-refractivity contribution < 1.29 is 18.3 Å². The molecule has 0 saturated heterocycles. The van der Waals surface area contributed by atoms with Crippen molar-refractivity contribution in [2.45, 2.75) is 19.6 Å². The van der Waals surface area contributed by atoms with Gasteiger partial charge in [-0.3, -0.25) is 4.79 Å². The number of terminal acetylenes is 1. The van der Waals surface area contributed by atoms with E-state index in [4.69, 9.17) is 6.42 Å². The van der Waals surface area contributed by atoms with Crippen molar-refractivity contribution in [3.63, 3.8) is 0 Å². The molecule has 0 saturated carbocycles. The maximum Gasteiger partial charge on any atom is 0.387 e. The van der Waals surface area contributed by atoms with Gasteiger partial charge in [0.05, 0.1) is 6.04 Å². The predicted octanol–water partition coefficient (Wildman–Crippen LogP) is 2.04. The quantitative estimate of drug-likeness (QED) is 0.816. The molecular weight excluding hydrogens is 228 g/mol. The molecule has 0 radical (unpaired) electrons. The second-order valence-electron chi connectivity index (χ2n) is 3.27. The maximum absolute atomic E-state index is 12.0. The highest BCUT2D eigenvalue weighted by Gasteiger charge is 2.10. The number of halogens is 2. The van der Waals surface area contributed by atoms with E-state index in [2.05, 4.69) is 16.0 Å². The van der Waals surface area contributed by atoms with E-state index in [0.29, 0.717) is 0 Å². The van der Waals surface area contributed by atoms with Crippen LogP contribution in [0.2, 0.25) is 0 Å². The molecule has 1 N–H and O–H groups in total. The highest BCUT2D eigenvalue weighted by atomic mass is 19.3. The van der Waals surface area contributed by atoms with E-state index in [0.717, 1.165) is 0 Å². The lowest BCUT2D eigenvalue weighted by Crippen LogP contribution is -2.31. The number of carbonyl (C=O) groups is 1. The molecular formula is C12H11F2NO2. The highest BCUT2D eigenvalue weighted by molar-refractivity contribution is 5.94. The third-order valence-electron chi connectivity index (χ3n) is 1.92. The third-order valence-corrected chi connectivity index (χ3v) is 1.92. The van der Waals surface area contributed by atoms with Crippen LogP contribution in [-0.4, -0.2) is 18.6 Å². The number of rotatable bonds is 4. The number of ether oxygens (including phenoxy) is 1. The van der Waals surface area contributed by atoms with Crippen LogP contribution < -0.4 is 10.1 Å². The van der Waals surface area contributed by atoms with Gasteiger partial charge in [-0.25, -0.2) is 0 Å². The Bertz CT molecular complexity index is 440. The summed E-state index contributed by atoms with van der Waals surface area (Å²) in [6.07, 6.45) is 5.11. The van der Waals surface area contributed by atoms with Crippen LogP contribution in [0, 0.1) is 12.3 Å². The van der Waals surface area contributed by atoms with E-state index in [9.17, 15) is 13.6 Å². The summed E-state index contributed by atoms with van der Waals surface area (Å²) >= 11 is 0. The molecule has 1 unspecified atom stereocenters. The van der Waals surface area contributed by atoms with Gasteiger partial charge in [0, 0.05) is 5.56 Å². The maximum atomic E-state index is 12.0. The first-order chi connectivity index (χ1) is 8.02. The van der Waals surface area contributed by atoms with Crippen molar-refractivity contribution >= 4 is 5.91 Å². The van der Waals surface area contributed by atoms with Gasteiger partial charge in [-0.15, -0.1) is 6.42 Å². The molecule has 0 bridgehead atoms. The lowest BCUT2D eigenvalue weighted by molar-refractivity contribution is -0.0498. The van der Waals surface area contributed by atoms with E-state index >= 15 is 0 Å². The molecule has 17 heavy (non-hydrogen) atoms. The van der Waals surface area contributed by atoms with Crippen LogP contribution in [0.25, 0.3) is 0 Å². The van der Waals surface area contributed by atoms with E-state index in [1.807, 2.05) is 0 Å². The molecule has 1 aromatic carbocycles. The molecule has 0 spiro atoms. The van der Waals surface area contributed by atoms with E-state index in [-0.39, 0.29) is 11.3 Å². The average molecular weight is 239 g/mol. The minimum atomic E-state index is -2.92. The first kappa shape index (κ1) is 13.0. The highest BCUT2D eigenvalue weighted by Crippen LogP contribution is 2.15. The molecule has 0 aliphatic carbocycles. The molecule has 0 aromatic heterocycles. The number of nitrogens with one attached hydrogen (secondary N) is 1. The van der Waals surface area contributed by atoms with Crippen molar-refractivity contribution in [2.75, 3.05) is 0 Å². The van der Waals surface area contributed by atoms with Gasteiger partial charge < -0.3 is 10.1 Å². The fourth-order valence-corrected chi connectivity index (χ4v) is 1.14. The van der Waals surface area contributed by atoms with Crippen LogP contribution in [0.15, 0.2) is 24.3 Å². The second-order valence-corrected chi connectivity index (χ2v) is 3.27. The van der Waals surface area contributed by atoms with Crippen LogP contribution in [0.5, 0.6) is 5.75 Å². The first-order valence-corrected chi connectivity index (χ1v) is 4.85. The number of amides is 1. The van der Waals surface area contributed by atoms with Crippen molar-refractivity contribution in [2.24, 2.45) is 0 Å². The summed E-state index contributed by atoms with van der Waals surface area (Å²) < 4.78 is 28.1. The second kappa shape index (κ2) is 5.85. The molecule has 0 fully saturated rings. The summed E-state index contributed by atoms with van der Waals surface area (Å²) in [6, 6.07) is 5.07. The Morgan fingerprint density at radius 3 is 2.82 bits per heavy atom. The van der Waals surface area contributed by atoms with Crippen molar-refractivity contribution in [3.8, 4) is 18.1 Å². The van der Waals surface area contributed by atoms with Crippen molar-refractivity contribution in [1.82, 2.24) is 5.32 Å². The van der Waals surface area contributed by atoms with E-state index in [1.54, 1.807) is 6.92 Å². The van der Waals surface area contributed by atoms with Gasteiger partial charge in [0.25, 0.3) is 5.91 Å². The van der Waals surface area contributed by atoms with Crippen LogP contribution in [0.4, 0.5) is 8.78 Å². The van der Waals surface area contributed by atoms with Gasteiger partial charge >= 0.3 is 6.61 Å². The number of benzene rings is 1. The lowest BCUT2D eigenvalue weighted by atomic mass is 10.2. The van der Waals surface area contributed by atoms with Gasteiger partial charge in [0.15, 0.2) is 0 Å². The standard InChI is InChI=1S/C12H11F2NO2/c1-3-8(2)15-11(16)9-5-4-6-10(7-9)17-12(13)14/h1,4-8,12H,2H3,(H,15,16). The van der Waals surface area contributed by atoms with Gasteiger partial charge in [-0.2, -0.15) is 8.78 Å². The molecule has 0 aliphatic heterocycles. The first-order valence-electron chi connectivity index (χ1n) is 4.85. The molecule has 1 atom stereocenters. The molecule has 1 aromatic rings. The number of carbonyl (C=O) groups excluding carboxylic acids is 1. The molecule has 0 heterocycles.